The van der Waals surface area contributed by atoms with Gasteiger partial charge < -0.3 is 9.64 Å². The lowest BCUT2D eigenvalue weighted by Crippen LogP contribution is -2.21. The zero-order chi connectivity index (χ0) is 12.1. The third-order valence-corrected chi connectivity index (χ3v) is 2.86. The van der Waals surface area contributed by atoms with Gasteiger partial charge in [-0.25, -0.2) is 0 Å². The third kappa shape index (κ3) is 3.39. The normalized spacial score (nSPS) is 10.9. The highest BCUT2D eigenvalue weighted by molar-refractivity contribution is 6.18. The molecule has 3 heteroatoms. The van der Waals surface area contributed by atoms with Crippen LogP contribution < -0.4 is 4.74 Å². The van der Waals surface area contributed by atoms with E-state index in [1.165, 1.54) is 16.7 Å². The number of alkyl halides is 1. The fourth-order valence-electron chi connectivity index (χ4n) is 1.84. The summed E-state index contributed by atoms with van der Waals surface area (Å²) in [5, 5.41) is 0. The Morgan fingerprint density at radius 3 is 2.56 bits per heavy atom. The van der Waals surface area contributed by atoms with Gasteiger partial charge in [-0.05, 0) is 38.1 Å². The molecule has 1 aromatic carbocycles. The number of hydrogen-bond acceptors (Lipinski definition) is 2. The van der Waals surface area contributed by atoms with Crippen molar-refractivity contribution in [2.75, 3.05) is 26.6 Å². The van der Waals surface area contributed by atoms with Crippen molar-refractivity contribution < 1.29 is 4.74 Å². The minimum Gasteiger partial charge on any atom is -0.496 e. The summed E-state index contributed by atoms with van der Waals surface area (Å²) >= 11 is 5.73. The highest BCUT2D eigenvalue weighted by Crippen LogP contribution is 2.25. The van der Waals surface area contributed by atoms with Gasteiger partial charge in [0.25, 0.3) is 0 Å². The first-order valence-electron chi connectivity index (χ1n) is 5.47. The molecule has 90 valence electrons. The lowest BCUT2D eigenvalue weighted by Gasteiger charge is -2.19. The second kappa shape index (κ2) is 6.12. The fraction of sp³-hybridized carbons (Fsp3) is 0.538. The highest BCUT2D eigenvalue weighted by atomic mass is 35.5. The highest BCUT2D eigenvalue weighted by Gasteiger charge is 2.09. The van der Waals surface area contributed by atoms with Crippen molar-refractivity contribution >= 4 is 11.6 Å². The molecule has 0 bridgehead atoms. The third-order valence-electron chi connectivity index (χ3n) is 2.69. The van der Waals surface area contributed by atoms with Crippen molar-refractivity contribution in [2.24, 2.45) is 0 Å². The fourth-order valence-corrected chi connectivity index (χ4v) is 2.13. The van der Waals surface area contributed by atoms with E-state index in [-0.39, 0.29) is 0 Å². The average molecular weight is 242 g/mol. The Labute approximate surface area is 103 Å². The van der Waals surface area contributed by atoms with Crippen LogP contribution in [0, 0.1) is 13.8 Å². The minimum absolute atomic E-state index is 0.656. The van der Waals surface area contributed by atoms with E-state index < -0.39 is 0 Å². The van der Waals surface area contributed by atoms with E-state index in [9.17, 15) is 0 Å². The molecule has 0 aliphatic rings. The summed E-state index contributed by atoms with van der Waals surface area (Å²) in [7, 11) is 3.79. The number of methoxy groups -OCH3 is 1. The van der Waals surface area contributed by atoms with Crippen LogP contribution in [0.25, 0.3) is 0 Å². The van der Waals surface area contributed by atoms with Gasteiger partial charge in [-0.15, -0.1) is 11.6 Å². The molecule has 0 aliphatic heterocycles. The summed E-state index contributed by atoms with van der Waals surface area (Å²) in [6.45, 7) is 5.97. The molecule has 1 rings (SSSR count). The molecule has 0 fully saturated rings. The summed E-state index contributed by atoms with van der Waals surface area (Å²) in [5.74, 6) is 1.63. The quantitative estimate of drug-likeness (QED) is 0.735. The molecule has 0 amide bonds. The van der Waals surface area contributed by atoms with E-state index in [4.69, 9.17) is 16.3 Å². The van der Waals surface area contributed by atoms with Gasteiger partial charge in [-0.1, -0.05) is 6.07 Å². The van der Waals surface area contributed by atoms with Crippen molar-refractivity contribution in [2.45, 2.75) is 20.4 Å². The van der Waals surface area contributed by atoms with Gasteiger partial charge in [-0.3, -0.25) is 0 Å². The van der Waals surface area contributed by atoms with E-state index in [1.54, 1.807) is 7.11 Å². The van der Waals surface area contributed by atoms with Gasteiger partial charge in [-0.2, -0.15) is 0 Å². The van der Waals surface area contributed by atoms with Crippen molar-refractivity contribution in [1.82, 2.24) is 4.90 Å². The Bertz CT molecular complexity index is 352. The van der Waals surface area contributed by atoms with Gasteiger partial charge in [0.1, 0.15) is 5.75 Å². The second-order valence-corrected chi connectivity index (χ2v) is 4.57. The summed E-state index contributed by atoms with van der Waals surface area (Å²) in [5.41, 5.74) is 3.76. The van der Waals surface area contributed by atoms with E-state index in [0.29, 0.717) is 5.88 Å². The van der Waals surface area contributed by atoms with Crippen molar-refractivity contribution in [3.63, 3.8) is 0 Å². The smallest absolute Gasteiger partial charge is 0.123 e. The predicted octanol–water partition coefficient (Wildman–Crippen LogP) is 2.98. The number of benzene rings is 1. The lowest BCUT2D eigenvalue weighted by atomic mass is 10.0. The van der Waals surface area contributed by atoms with E-state index in [1.807, 2.05) is 0 Å². The molecule has 0 aliphatic carbocycles. The van der Waals surface area contributed by atoms with Crippen LogP contribution in [-0.2, 0) is 6.54 Å². The van der Waals surface area contributed by atoms with Gasteiger partial charge in [0.2, 0.25) is 0 Å². The van der Waals surface area contributed by atoms with Gasteiger partial charge in [0, 0.05) is 24.5 Å². The monoisotopic (exact) mass is 241 g/mol. The van der Waals surface area contributed by atoms with Crippen LogP contribution in [0.5, 0.6) is 5.75 Å². The zero-order valence-electron chi connectivity index (χ0n) is 10.5. The molecule has 1 aromatic rings. The van der Waals surface area contributed by atoms with E-state index in [0.717, 1.165) is 18.8 Å². The first-order chi connectivity index (χ1) is 7.58. The molecule has 0 aromatic heterocycles. The Kier molecular flexibility index (Phi) is 5.10. The molecule has 0 spiro atoms. The molecule has 0 unspecified atom stereocenters. The van der Waals surface area contributed by atoms with Gasteiger partial charge in [0.15, 0.2) is 0 Å². The Morgan fingerprint density at radius 2 is 2.00 bits per heavy atom. The molecule has 0 atom stereocenters. The molecule has 0 saturated heterocycles. The average Bonchev–Trinajstić information content (AvgIpc) is 2.22. The van der Waals surface area contributed by atoms with Crippen LogP contribution >= 0.6 is 11.6 Å². The Balaban J connectivity index is 2.93. The molecule has 2 nitrogen and oxygen atoms in total. The first-order valence-corrected chi connectivity index (χ1v) is 6.00. The minimum atomic E-state index is 0.656. The maximum absolute atomic E-state index is 5.73. The van der Waals surface area contributed by atoms with Gasteiger partial charge >= 0.3 is 0 Å². The van der Waals surface area contributed by atoms with E-state index >= 15 is 0 Å². The molecule has 0 N–H and O–H groups in total. The van der Waals surface area contributed by atoms with Crippen molar-refractivity contribution in [1.29, 1.82) is 0 Å². The standard InChI is InChI=1S/C13H20ClNO/c1-10-7-11(2)12(13(8-10)16-4)9-15(3)6-5-14/h7-8H,5-6,9H2,1-4H3. The second-order valence-electron chi connectivity index (χ2n) is 4.19. The van der Waals surface area contributed by atoms with Crippen LogP contribution in [0.15, 0.2) is 12.1 Å². The number of halogens is 1. The number of ether oxygens (including phenoxy) is 1. The first kappa shape index (κ1) is 13.3. The molecule has 0 saturated carbocycles. The van der Waals surface area contributed by atoms with Crippen LogP contribution in [0.2, 0.25) is 0 Å². The number of nitrogens with zero attached hydrogens (tertiary/aromatic N) is 1. The largest absolute Gasteiger partial charge is 0.496 e. The molecule has 16 heavy (non-hydrogen) atoms. The summed E-state index contributed by atoms with van der Waals surface area (Å²) in [6, 6.07) is 4.27. The summed E-state index contributed by atoms with van der Waals surface area (Å²) in [4.78, 5) is 2.20. The number of hydrogen-bond donors (Lipinski definition) is 0. The number of aryl methyl sites for hydroxylation is 2. The van der Waals surface area contributed by atoms with Gasteiger partial charge in [0.05, 0.1) is 7.11 Å². The number of rotatable bonds is 5. The van der Waals surface area contributed by atoms with Crippen LogP contribution in [0.1, 0.15) is 16.7 Å². The van der Waals surface area contributed by atoms with Crippen LogP contribution in [0.3, 0.4) is 0 Å². The maximum Gasteiger partial charge on any atom is 0.123 e. The molecular weight excluding hydrogens is 222 g/mol. The zero-order valence-corrected chi connectivity index (χ0v) is 11.3. The summed E-state index contributed by atoms with van der Waals surface area (Å²) < 4.78 is 5.43. The Hall–Kier alpha value is -0.730. The van der Waals surface area contributed by atoms with Crippen LogP contribution in [-0.4, -0.2) is 31.5 Å². The SMILES string of the molecule is COc1cc(C)cc(C)c1CN(C)CCCl. The van der Waals surface area contributed by atoms with Crippen LogP contribution in [0.4, 0.5) is 0 Å². The Morgan fingerprint density at radius 1 is 1.31 bits per heavy atom. The predicted molar refractivity (Wildman–Crippen MR) is 69.5 cm³/mol. The molecule has 0 radical (unpaired) electrons. The van der Waals surface area contributed by atoms with Crippen molar-refractivity contribution in [3.8, 4) is 5.75 Å². The van der Waals surface area contributed by atoms with E-state index in [2.05, 4.69) is 37.9 Å². The summed E-state index contributed by atoms with van der Waals surface area (Å²) in [6.07, 6.45) is 0. The lowest BCUT2D eigenvalue weighted by molar-refractivity contribution is 0.333. The molecule has 0 heterocycles. The maximum atomic E-state index is 5.73. The topological polar surface area (TPSA) is 12.5 Å². The molecular formula is C13H20ClNO. The van der Waals surface area contributed by atoms with Crippen molar-refractivity contribution in [3.05, 3.63) is 28.8 Å².